The molecule has 1 aliphatic carbocycles. The summed E-state index contributed by atoms with van der Waals surface area (Å²) in [7, 11) is 0. The molecular weight excluding hydrogens is 360 g/mol. The van der Waals surface area contributed by atoms with E-state index in [1.807, 2.05) is 25.1 Å². The summed E-state index contributed by atoms with van der Waals surface area (Å²) in [6, 6.07) is 5.67. The molecule has 6 nitrogen and oxygen atoms in total. The van der Waals surface area contributed by atoms with Gasteiger partial charge in [0, 0.05) is 37.2 Å². The lowest BCUT2D eigenvalue weighted by Gasteiger charge is -2.15. The van der Waals surface area contributed by atoms with E-state index in [1.165, 1.54) is 24.6 Å². The molecule has 1 aliphatic heterocycles. The van der Waals surface area contributed by atoms with Crippen molar-refractivity contribution in [1.29, 1.82) is 0 Å². The van der Waals surface area contributed by atoms with Crippen LogP contribution in [0.2, 0.25) is 0 Å². The van der Waals surface area contributed by atoms with Crippen molar-refractivity contribution in [3.05, 3.63) is 35.2 Å². The van der Waals surface area contributed by atoms with Crippen molar-refractivity contribution in [1.82, 2.24) is 14.8 Å². The van der Waals surface area contributed by atoms with Crippen LogP contribution < -0.4 is 4.90 Å². The number of aromatic nitrogens is 3. The van der Waals surface area contributed by atoms with Crippen molar-refractivity contribution < 1.29 is 9.59 Å². The molecule has 0 N–H and O–H groups in total. The van der Waals surface area contributed by atoms with Gasteiger partial charge in [0.15, 0.2) is 10.9 Å². The van der Waals surface area contributed by atoms with Gasteiger partial charge in [0.05, 0.1) is 5.25 Å². The smallest absolute Gasteiger partial charge is 0.223 e. The first-order valence-electron chi connectivity index (χ1n) is 9.54. The van der Waals surface area contributed by atoms with Gasteiger partial charge in [0.2, 0.25) is 5.91 Å². The Morgan fingerprint density at radius 3 is 2.74 bits per heavy atom. The fourth-order valence-electron chi connectivity index (χ4n) is 3.66. The Labute approximate surface area is 163 Å². The highest BCUT2D eigenvalue weighted by Gasteiger charge is 2.31. The first-order chi connectivity index (χ1) is 13.0. The minimum Gasteiger partial charge on any atom is -0.312 e. The quantitative estimate of drug-likeness (QED) is 0.564. The summed E-state index contributed by atoms with van der Waals surface area (Å²) in [4.78, 5) is 26.4. The van der Waals surface area contributed by atoms with E-state index in [-0.39, 0.29) is 16.9 Å². The largest absolute Gasteiger partial charge is 0.312 e. The number of carbonyl (C=O) groups excluding carboxylic acids is 2. The number of hydrogen-bond acceptors (Lipinski definition) is 5. The van der Waals surface area contributed by atoms with Crippen LogP contribution in [0.25, 0.3) is 0 Å². The van der Waals surface area contributed by atoms with E-state index in [0.29, 0.717) is 18.0 Å². The van der Waals surface area contributed by atoms with Gasteiger partial charge in [-0.1, -0.05) is 11.8 Å². The highest BCUT2D eigenvalue weighted by Crippen LogP contribution is 2.40. The average molecular weight is 385 g/mol. The standard InChI is InChI=1S/C20H24N4O2S/c1-4-23-19(14-5-6-14)21-22-20(23)27-12(2)18(26)16-7-8-17-15(11-16)9-10-24(17)13(3)25/h7-8,11-12,14H,4-6,9-10H2,1-3H3. The second kappa shape index (κ2) is 7.11. The predicted molar refractivity (Wildman–Crippen MR) is 105 cm³/mol. The molecule has 1 amide bonds. The van der Waals surface area contributed by atoms with Crippen LogP contribution in [0.1, 0.15) is 61.3 Å². The van der Waals surface area contributed by atoms with E-state index < -0.39 is 0 Å². The third-order valence-electron chi connectivity index (χ3n) is 5.30. The van der Waals surface area contributed by atoms with Crippen LogP contribution >= 0.6 is 11.8 Å². The molecule has 142 valence electrons. The first kappa shape index (κ1) is 18.2. The predicted octanol–water partition coefficient (Wildman–Crippen LogP) is 3.45. The maximum absolute atomic E-state index is 13.0. The molecule has 4 rings (SSSR count). The summed E-state index contributed by atoms with van der Waals surface area (Å²) in [5.41, 5.74) is 2.70. The Kier molecular flexibility index (Phi) is 4.80. The zero-order valence-electron chi connectivity index (χ0n) is 15.9. The van der Waals surface area contributed by atoms with Crippen LogP contribution in [0.15, 0.2) is 23.4 Å². The minimum absolute atomic E-state index is 0.0436. The van der Waals surface area contributed by atoms with Crippen LogP contribution in [0.4, 0.5) is 5.69 Å². The molecule has 27 heavy (non-hydrogen) atoms. The highest BCUT2D eigenvalue weighted by molar-refractivity contribution is 8.00. The molecular formula is C20H24N4O2S. The minimum atomic E-state index is -0.241. The molecule has 1 unspecified atom stereocenters. The van der Waals surface area contributed by atoms with E-state index >= 15 is 0 Å². The van der Waals surface area contributed by atoms with Gasteiger partial charge in [-0.15, -0.1) is 10.2 Å². The number of carbonyl (C=O) groups is 2. The second-order valence-corrected chi connectivity index (χ2v) is 8.56. The lowest BCUT2D eigenvalue weighted by atomic mass is 10.0. The van der Waals surface area contributed by atoms with Crippen LogP contribution in [-0.2, 0) is 17.8 Å². The Morgan fingerprint density at radius 2 is 2.07 bits per heavy atom. The molecule has 0 bridgehead atoms. The summed E-state index contributed by atoms with van der Waals surface area (Å²) in [6.07, 6.45) is 3.17. The van der Waals surface area contributed by atoms with E-state index in [9.17, 15) is 9.59 Å². The molecule has 2 aliphatic rings. The normalized spacial score (nSPS) is 17.1. The lowest BCUT2D eigenvalue weighted by molar-refractivity contribution is -0.116. The summed E-state index contributed by atoms with van der Waals surface area (Å²) in [5.74, 6) is 1.73. The zero-order chi connectivity index (χ0) is 19.1. The van der Waals surface area contributed by atoms with Gasteiger partial charge >= 0.3 is 0 Å². The topological polar surface area (TPSA) is 68.1 Å². The Hall–Kier alpha value is -2.15. The number of anilines is 1. The molecule has 7 heteroatoms. The van der Waals surface area contributed by atoms with E-state index in [4.69, 9.17) is 0 Å². The second-order valence-electron chi connectivity index (χ2n) is 7.25. The van der Waals surface area contributed by atoms with Crippen molar-refractivity contribution in [2.75, 3.05) is 11.4 Å². The Bertz CT molecular complexity index is 903. The molecule has 1 aromatic carbocycles. The summed E-state index contributed by atoms with van der Waals surface area (Å²) >= 11 is 1.48. The first-order valence-corrected chi connectivity index (χ1v) is 10.4. The fourth-order valence-corrected chi connectivity index (χ4v) is 4.65. The summed E-state index contributed by atoms with van der Waals surface area (Å²) in [5, 5.41) is 9.26. The lowest BCUT2D eigenvalue weighted by Crippen LogP contribution is -2.25. The summed E-state index contributed by atoms with van der Waals surface area (Å²) < 4.78 is 2.14. The maximum Gasteiger partial charge on any atom is 0.223 e. The SMILES string of the molecule is CCn1c(SC(C)C(=O)c2ccc3c(c2)CCN3C(C)=O)nnc1C1CC1. The third kappa shape index (κ3) is 3.40. The highest BCUT2D eigenvalue weighted by atomic mass is 32.2. The number of Topliss-reactive ketones (excluding diaryl/α,β-unsaturated/α-hetero) is 1. The summed E-state index contributed by atoms with van der Waals surface area (Å²) in [6.45, 7) is 7.10. The molecule has 1 aromatic heterocycles. The molecule has 1 fully saturated rings. The van der Waals surface area contributed by atoms with Gasteiger partial charge in [-0.25, -0.2) is 0 Å². The number of amides is 1. The number of ketones is 1. The van der Waals surface area contributed by atoms with Gasteiger partial charge in [0.1, 0.15) is 5.82 Å². The van der Waals surface area contributed by atoms with Crippen molar-refractivity contribution >= 4 is 29.1 Å². The number of fused-ring (bicyclic) bond motifs is 1. The van der Waals surface area contributed by atoms with Crippen LogP contribution in [0.3, 0.4) is 0 Å². The van der Waals surface area contributed by atoms with Gasteiger partial charge in [-0.3, -0.25) is 9.59 Å². The molecule has 2 heterocycles. The third-order valence-corrected chi connectivity index (χ3v) is 6.38. The number of rotatable bonds is 6. The number of benzene rings is 1. The fraction of sp³-hybridized carbons (Fsp3) is 0.500. The van der Waals surface area contributed by atoms with Crippen LogP contribution in [0.5, 0.6) is 0 Å². The Balaban J connectivity index is 1.51. The monoisotopic (exact) mass is 384 g/mol. The van der Waals surface area contributed by atoms with Crippen molar-refractivity contribution in [2.24, 2.45) is 0 Å². The molecule has 0 spiro atoms. The van der Waals surface area contributed by atoms with Crippen molar-refractivity contribution in [3.8, 4) is 0 Å². The molecule has 0 radical (unpaired) electrons. The number of hydrogen-bond donors (Lipinski definition) is 0. The van der Waals surface area contributed by atoms with E-state index in [1.54, 1.807) is 11.8 Å². The molecule has 1 atom stereocenters. The van der Waals surface area contributed by atoms with Crippen LogP contribution in [0, 0.1) is 0 Å². The van der Waals surface area contributed by atoms with Crippen LogP contribution in [-0.4, -0.2) is 38.2 Å². The van der Waals surface area contributed by atoms with Gasteiger partial charge in [0.25, 0.3) is 0 Å². The molecule has 2 aromatic rings. The maximum atomic E-state index is 13.0. The van der Waals surface area contributed by atoms with E-state index in [0.717, 1.165) is 35.2 Å². The van der Waals surface area contributed by atoms with Gasteiger partial charge in [-0.2, -0.15) is 0 Å². The molecule has 1 saturated carbocycles. The number of thioether (sulfide) groups is 1. The number of nitrogens with zero attached hydrogens (tertiary/aromatic N) is 4. The molecule has 0 saturated heterocycles. The van der Waals surface area contributed by atoms with Gasteiger partial charge < -0.3 is 9.47 Å². The zero-order valence-corrected chi connectivity index (χ0v) is 16.8. The van der Waals surface area contributed by atoms with Crippen molar-refractivity contribution in [2.45, 2.75) is 62.9 Å². The Morgan fingerprint density at radius 1 is 1.30 bits per heavy atom. The average Bonchev–Trinajstić information content (AvgIpc) is 3.28. The van der Waals surface area contributed by atoms with Gasteiger partial charge in [-0.05, 0) is 56.9 Å². The van der Waals surface area contributed by atoms with Crippen molar-refractivity contribution in [3.63, 3.8) is 0 Å². The van der Waals surface area contributed by atoms with E-state index in [2.05, 4.69) is 21.7 Å².